The summed E-state index contributed by atoms with van der Waals surface area (Å²) in [6, 6.07) is 20.9. The Kier molecular flexibility index (Phi) is 8.86. The van der Waals surface area contributed by atoms with Gasteiger partial charge >= 0.3 is 6.03 Å². The summed E-state index contributed by atoms with van der Waals surface area (Å²) in [7, 11) is 1.56. The van der Waals surface area contributed by atoms with Crippen LogP contribution in [0.15, 0.2) is 72.8 Å². The Morgan fingerprint density at radius 2 is 1.80 bits per heavy atom. The molecule has 3 heterocycles. The number of hydrazine groups is 1. The van der Waals surface area contributed by atoms with Gasteiger partial charge in [0.25, 0.3) is 5.91 Å². The lowest BCUT2D eigenvalue weighted by Crippen LogP contribution is -2.66. The van der Waals surface area contributed by atoms with Gasteiger partial charge in [0.05, 0.1) is 23.3 Å². The lowest BCUT2D eigenvalue weighted by Gasteiger charge is -2.46. The zero-order valence-corrected chi connectivity index (χ0v) is 26.5. The number of rotatable bonds is 9. The van der Waals surface area contributed by atoms with E-state index in [1.165, 1.54) is 11.3 Å². The van der Waals surface area contributed by atoms with E-state index in [4.69, 9.17) is 5.73 Å². The molecule has 0 spiro atoms. The molecule has 2 atom stereocenters. The molecule has 2 aliphatic rings. The van der Waals surface area contributed by atoms with Crippen LogP contribution in [0.5, 0.6) is 0 Å². The number of nitrogens with two attached hydrogens (primary N) is 1. The van der Waals surface area contributed by atoms with Crippen molar-refractivity contribution in [1.29, 1.82) is 0 Å². The molecule has 0 radical (unpaired) electrons. The number of aromatic nitrogens is 1. The monoisotopic (exact) mass is 640 g/mol. The molecule has 0 aliphatic carbocycles. The van der Waals surface area contributed by atoms with Crippen molar-refractivity contribution in [3.63, 3.8) is 0 Å². The fourth-order valence-electron chi connectivity index (χ4n) is 6.17. The zero-order valence-electron chi connectivity index (χ0n) is 25.7. The van der Waals surface area contributed by atoms with Crippen LogP contribution in [0.2, 0.25) is 0 Å². The van der Waals surface area contributed by atoms with Crippen molar-refractivity contribution in [3.8, 4) is 0 Å². The van der Waals surface area contributed by atoms with Gasteiger partial charge in [0.2, 0.25) is 11.8 Å². The Hall–Kier alpha value is -5.01. The van der Waals surface area contributed by atoms with Crippen LogP contribution in [-0.2, 0) is 22.6 Å². The zero-order chi connectivity index (χ0) is 32.4. The van der Waals surface area contributed by atoms with Crippen LogP contribution in [-0.4, -0.2) is 87.4 Å². The van der Waals surface area contributed by atoms with E-state index in [0.29, 0.717) is 29.3 Å². The van der Waals surface area contributed by atoms with E-state index in [-0.39, 0.29) is 49.8 Å². The number of nitrogens with zero attached hydrogens (tertiary/aromatic N) is 5. The molecule has 5 amide bonds. The third kappa shape index (κ3) is 6.11. The molecule has 1 aromatic heterocycles. The van der Waals surface area contributed by atoms with Crippen LogP contribution in [0.25, 0.3) is 10.2 Å². The smallest absolute Gasteiger partial charge is 0.331 e. The molecule has 46 heavy (non-hydrogen) atoms. The van der Waals surface area contributed by atoms with Gasteiger partial charge in [-0.15, -0.1) is 0 Å². The molecule has 4 aromatic rings. The number of carbonyl (C=O) groups excluding carboxylic acids is 4. The first-order chi connectivity index (χ1) is 22.3. The number of benzene rings is 3. The molecule has 6 rings (SSSR count). The highest BCUT2D eigenvalue weighted by atomic mass is 32.1. The molecule has 3 aromatic carbocycles. The number of nitrogen functional groups attached to an aromatic ring is 1. The van der Waals surface area contributed by atoms with Crippen LogP contribution in [0.4, 0.5) is 15.6 Å². The first-order valence-electron chi connectivity index (χ1n) is 15.2. The molecule has 12 nitrogen and oxygen atoms in total. The number of hydrogen-bond acceptors (Lipinski definition) is 8. The Morgan fingerprint density at radius 1 is 1.04 bits per heavy atom. The second-order valence-electron chi connectivity index (χ2n) is 11.3. The van der Waals surface area contributed by atoms with Crippen molar-refractivity contribution in [3.05, 3.63) is 89.5 Å². The van der Waals surface area contributed by atoms with Crippen molar-refractivity contribution >= 4 is 56.1 Å². The Balaban J connectivity index is 1.29. The van der Waals surface area contributed by atoms with Crippen LogP contribution < -0.4 is 16.4 Å². The molecule has 0 bridgehead atoms. The molecular weight excluding hydrogens is 604 g/mol. The van der Waals surface area contributed by atoms with E-state index in [1.807, 2.05) is 43.3 Å². The van der Waals surface area contributed by atoms with Crippen LogP contribution in [0, 0.1) is 0 Å². The Morgan fingerprint density at radius 3 is 2.52 bits per heavy atom. The van der Waals surface area contributed by atoms with Gasteiger partial charge in [-0.25, -0.2) is 9.78 Å². The highest BCUT2D eigenvalue weighted by Crippen LogP contribution is 2.32. The lowest BCUT2D eigenvalue weighted by atomic mass is 9.99. The molecule has 2 fully saturated rings. The molecule has 13 heteroatoms. The molecule has 4 N–H and O–H groups in total. The van der Waals surface area contributed by atoms with Gasteiger partial charge in [0.15, 0.2) is 5.13 Å². The maximum Gasteiger partial charge on any atom is 0.331 e. The number of nitrogens with one attached hydrogen (secondary N) is 2. The minimum atomic E-state index is -0.797. The summed E-state index contributed by atoms with van der Waals surface area (Å²) in [4.78, 5) is 61.3. The molecule has 0 saturated carbocycles. The second-order valence-corrected chi connectivity index (χ2v) is 12.4. The number of urea groups is 1. The second kappa shape index (κ2) is 13.2. The third-order valence-corrected chi connectivity index (χ3v) is 9.17. The van der Waals surface area contributed by atoms with Crippen molar-refractivity contribution in [2.24, 2.45) is 0 Å². The summed E-state index contributed by atoms with van der Waals surface area (Å²) in [5, 5.41) is 9.38. The van der Waals surface area contributed by atoms with Crippen molar-refractivity contribution in [2.75, 3.05) is 37.7 Å². The fraction of sp³-hybridized carbons (Fsp3) is 0.303. The van der Waals surface area contributed by atoms with Gasteiger partial charge in [-0.05, 0) is 47.9 Å². The quantitative estimate of drug-likeness (QED) is 0.254. The molecule has 0 unspecified atom stereocenters. The van der Waals surface area contributed by atoms with Crippen molar-refractivity contribution in [2.45, 2.75) is 38.5 Å². The highest BCUT2D eigenvalue weighted by Gasteiger charge is 2.52. The van der Waals surface area contributed by atoms with Crippen LogP contribution in [0.3, 0.4) is 0 Å². The third-order valence-electron chi connectivity index (χ3n) is 8.32. The van der Waals surface area contributed by atoms with E-state index < -0.39 is 12.2 Å². The average molecular weight is 641 g/mol. The number of amides is 5. The summed E-state index contributed by atoms with van der Waals surface area (Å²) in [6.07, 6.45) is 0.417. The van der Waals surface area contributed by atoms with E-state index in [9.17, 15) is 19.2 Å². The van der Waals surface area contributed by atoms with E-state index in [0.717, 1.165) is 21.3 Å². The predicted octanol–water partition coefficient (Wildman–Crippen LogP) is 3.52. The van der Waals surface area contributed by atoms with Gasteiger partial charge in [0.1, 0.15) is 12.2 Å². The van der Waals surface area contributed by atoms with Crippen LogP contribution in [0.1, 0.15) is 34.8 Å². The summed E-state index contributed by atoms with van der Waals surface area (Å²) in [5.74, 6) is -0.620. The normalized spacial score (nSPS) is 18.1. The van der Waals surface area contributed by atoms with Crippen LogP contribution >= 0.6 is 11.3 Å². The van der Waals surface area contributed by atoms with Gasteiger partial charge in [0, 0.05) is 37.8 Å². The average Bonchev–Trinajstić information content (AvgIpc) is 3.61. The SMILES string of the molecule is CCCN(C(=O)NC)N1CC(=O)N2[C@@H](Cc3ccc(NC(=O)c4ccccc4)cc3)C(=O)N(Cc3cccc4sc(N)nc34)C[C@@H]21. The summed E-state index contributed by atoms with van der Waals surface area (Å²) in [6.45, 7) is 2.87. The van der Waals surface area contributed by atoms with E-state index in [2.05, 4.69) is 15.6 Å². The number of piperazine rings is 1. The van der Waals surface area contributed by atoms with Gasteiger partial charge in [-0.1, -0.05) is 60.7 Å². The molecule has 2 saturated heterocycles. The van der Waals surface area contributed by atoms with Crippen molar-refractivity contribution < 1.29 is 19.2 Å². The molecular formula is C33H36N8O4S. The standard InChI is InChI=1S/C33H36N8O4S/c1-3-16-39(33(45)35-2)40-20-28(42)41-25(17-21-12-14-24(15-13-21)36-30(43)22-8-5-4-6-9-22)31(44)38(19-27(40)41)18-23-10-7-11-26-29(23)37-32(34)46-26/h4-15,25,27H,3,16-20H2,1-2H3,(H2,34,37)(H,35,45)(H,36,43)/t25-,27+/m0/s1. The van der Waals surface area contributed by atoms with Gasteiger partial charge in [-0.2, -0.15) is 5.01 Å². The van der Waals surface area contributed by atoms with Gasteiger partial charge < -0.3 is 26.2 Å². The molecule has 2 aliphatic heterocycles. The number of anilines is 2. The van der Waals surface area contributed by atoms with Crippen molar-refractivity contribution in [1.82, 2.24) is 30.1 Å². The number of para-hydroxylation sites is 1. The van der Waals surface area contributed by atoms with E-state index in [1.54, 1.807) is 63.3 Å². The topological polar surface area (TPSA) is 144 Å². The summed E-state index contributed by atoms with van der Waals surface area (Å²) >= 11 is 1.39. The number of thiazole rings is 1. The Bertz CT molecular complexity index is 1760. The first kappa shape index (κ1) is 31.0. The number of carbonyl (C=O) groups is 4. The summed E-state index contributed by atoms with van der Waals surface area (Å²) in [5.41, 5.74) is 9.62. The minimum absolute atomic E-state index is 0.0155. The van der Waals surface area contributed by atoms with Gasteiger partial charge in [-0.3, -0.25) is 19.4 Å². The number of fused-ring (bicyclic) bond motifs is 2. The fourth-order valence-corrected chi connectivity index (χ4v) is 6.96. The van der Waals surface area contributed by atoms with E-state index >= 15 is 0 Å². The maximum absolute atomic E-state index is 14.2. The highest BCUT2D eigenvalue weighted by molar-refractivity contribution is 7.22. The maximum atomic E-state index is 14.2. The Labute approximate surface area is 270 Å². The lowest BCUT2D eigenvalue weighted by molar-refractivity contribution is -0.157. The summed E-state index contributed by atoms with van der Waals surface area (Å²) < 4.78 is 0.934. The largest absolute Gasteiger partial charge is 0.375 e. The predicted molar refractivity (Wildman–Crippen MR) is 177 cm³/mol. The molecule has 238 valence electrons. The number of hydrogen-bond donors (Lipinski definition) is 3. The minimum Gasteiger partial charge on any atom is -0.375 e. The first-order valence-corrected chi connectivity index (χ1v) is 16.0.